The predicted molar refractivity (Wildman–Crippen MR) is 74.9 cm³/mol. The number of hydrogen-bond donors (Lipinski definition) is 0. The molecule has 0 aliphatic carbocycles. The smallest absolute Gasteiger partial charge is 0.163 e. The molecule has 0 N–H and O–H groups in total. The van der Waals surface area contributed by atoms with E-state index in [4.69, 9.17) is 0 Å². The lowest BCUT2D eigenvalue weighted by Crippen LogP contribution is -2.07. The molecule has 1 aromatic rings. The first-order chi connectivity index (χ1) is 7.56. The summed E-state index contributed by atoms with van der Waals surface area (Å²) in [6.07, 6.45) is 2.78. The maximum absolute atomic E-state index is 12.0. The Bertz CT molecular complexity index is 350. The summed E-state index contributed by atoms with van der Waals surface area (Å²) in [6.45, 7) is 4.27. The second-order valence-corrected chi connectivity index (χ2v) is 5.80. The van der Waals surface area contributed by atoms with Crippen LogP contribution in [0.15, 0.2) is 27.1 Å². The standard InChI is InChI=1S/C13H16Br2O/c1-3-9(4-2)5-13(16)10-6-11(14)8-12(15)7-10/h6-9H,3-5H2,1-2H3. The van der Waals surface area contributed by atoms with Crippen molar-refractivity contribution in [3.8, 4) is 0 Å². The molecule has 0 saturated carbocycles. The van der Waals surface area contributed by atoms with Gasteiger partial charge in [0.2, 0.25) is 0 Å². The quantitative estimate of drug-likeness (QED) is 0.667. The van der Waals surface area contributed by atoms with Gasteiger partial charge in [-0.15, -0.1) is 0 Å². The van der Waals surface area contributed by atoms with Crippen LogP contribution in [0, 0.1) is 5.92 Å². The van der Waals surface area contributed by atoms with Gasteiger partial charge in [0.15, 0.2) is 5.78 Å². The fraction of sp³-hybridized carbons (Fsp3) is 0.462. The minimum atomic E-state index is 0.232. The van der Waals surface area contributed by atoms with Crippen LogP contribution in [-0.4, -0.2) is 5.78 Å². The van der Waals surface area contributed by atoms with E-state index in [0.717, 1.165) is 27.4 Å². The van der Waals surface area contributed by atoms with Crippen LogP contribution in [-0.2, 0) is 0 Å². The lowest BCUT2D eigenvalue weighted by atomic mass is 9.94. The fourth-order valence-electron chi connectivity index (χ4n) is 1.67. The van der Waals surface area contributed by atoms with Gasteiger partial charge in [0.05, 0.1) is 0 Å². The number of hydrogen-bond acceptors (Lipinski definition) is 1. The monoisotopic (exact) mass is 346 g/mol. The van der Waals surface area contributed by atoms with Crippen molar-refractivity contribution in [1.82, 2.24) is 0 Å². The third kappa shape index (κ3) is 4.02. The van der Waals surface area contributed by atoms with Gasteiger partial charge in [-0.2, -0.15) is 0 Å². The molecule has 0 aliphatic heterocycles. The van der Waals surface area contributed by atoms with E-state index in [9.17, 15) is 4.79 Å². The predicted octanol–water partition coefficient (Wildman–Crippen LogP) is 5.22. The summed E-state index contributed by atoms with van der Waals surface area (Å²) in [5.74, 6) is 0.737. The summed E-state index contributed by atoms with van der Waals surface area (Å²) in [5.41, 5.74) is 0.785. The van der Waals surface area contributed by atoms with E-state index < -0.39 is 0 Å². The van der Waals surface area contributed by atoms with E-state index in [1.54, 1.807) is 0 Å². The van der Waals surface area contributed by atoms with Gasteiger partial charge in [-0.3, -0.25) is 4.79 Å². The Kier molecular flexibility index (Phi) is 5.70. The SMILES string of the molecule is CCC(CC)CC(=O)c1cc(Br)cc(Br)c1. The molecule has 88 valence electrons. The number of halogens is 2. The molecule has 0 radical (unpaired) electrons. The molecule has 0 heterocycles. The summed E-state index contributed by atoms with van der Waals surface area (Å²) >= 11 is 6.80. The minimum absolute atomic E-state index is 0.232. The van der Waals surface area contributed by atoms with E-state index >= 15 is 0 Å². The summed E-state index contributed by atoms with van der Waals surface area (Å²) < 4.78 is 1.88. The van der Waals surface area contributed by atoms with Crippen LogP contribution in [0.25, 0.3) is 0 Å². The maximum atomic E-state index is 12.0. The highest BCUT2D eigenvalue weighted by molar-refractivity contribution is 9.11. The van der Waals surface area contributed by atoms with Crippen molar-refractivity contribution in [3.05, 3.63) is 32.7 Å². The first kappa shape index (κ1) is 13.9. The van der Waals surface area contributed by atoms with Crippen LogP contribution < -0.4 is 0 Å². The molecule has 0 fully saturated rings. The van der Waals surface area contributed by atoms with Crippen molar-refractivity contribution < 1.29 is 4.79 Å². The summed E-state index contributed by atoms with van der Waals surface area (Å²) in [6, 6.07) is 5.71. The fourth-order valence-corrected chi connectivity index (χ4v) is 2.97. The van der Waals surface area contributed by atoms with Crippen molar-refractivity contribution in [1.29, 1.82) is 0 Å². The van der Waals surface area contributed by atoms with Gasteiger partial charge >= 0.3 is 0 Å². The molecule has 0 bridgehead atoms. The molecule has 16 heavy (non-hydrogen) atoms. The molecular formula is C13H16Br2O. The van der Waals surface area contributed by atoms with Crippen LogP contribution in [0.1, 0.15) is 43.5 Å². The number of carbonyl (C=O) groups is 1. The number of rotatable bonds is 5. The Morgan fingerprint density at radius 1 is 1.12 bits per heavy atom. The molecule has 0 aromatic heterocycles. The zero-order valence-corrected chi connectivity index (χ0v) is 12.8. The van der Waals surface area contributed by atoms with Crippen molar-refractivity contribution in [3.63, 3.8) is 0 Å². The Morgan fingerprint density at radius 3 is 2.06 bits per heavy atom. The van der Waals surface area contributed by atoms with Crippen molar-refractivity contribution in [2.75, 3.05) is 0 Å². The lowest BCUT2D eigenvalue weighted by molar-refractivity contribution is 0.0958. The van der Waals surface area contributed by atoms with Crippen LogP contribution >= 0.6 is 31.9 Å². The third-order valence-corrected chi connectivity index (χ3v) is 3.73. The highest BCUT2D eigenvalue weighted by Gasteiger charge is 2.13. The molecule has 1 nitrogen and oxygen atoms in total. The second-order valence-electron chi connectivity index (χ2n) is 3.97. The molecule has 3 heteroatoms. The first-order valence-electron chi connectivity index (χ1n) is 5.56. The molecule has 0 atom stereocenters. The lowest BCUT2D eigenvalue weighted by Gasteiger charge is -2.11. The molecule has 0 unspecified atom stereocenters. The molecule has 1 aromatic carbocycles. The Morgan fingerprint density at radius 2 is 1.62 bits per heavy atom. The van der Waals surface area contributed by atoms with Crippen LogP contribution in [0.2, 0.25) is 0 Å². The van der Waals surface area contributed by atoms with Crippen molar-refractivity contribution >= 4 is 37.6 Å². The van der Waals surface area contributed by atoms with Gasteiger partial charge in [-0.1, -0.05) is 58.5 Å². The van der Waals surface area contributed by atoms with Gasteiger partial charge < -0.3 is 0 Å². The largest absolute Gasteiger partial charge is 0.294 e. The first-order valence-corrected chi connectivity index (χ1v) is 7.14. The molecule has 0 amide bonds. The topological polar surface area (TPSA) is 17.1 Å². The van der Waals surface area contributed by atoms with Gasteiger partial charge in [0.1, 0.15) is 0 Å². The van der Waals surface area contributed by atoms with E-state index in [0.29, 0.717) is 12.3 Å². The summed E-state index contributed by atoms with van der Waals surface area (Å²) in [7, 11) is 0. The van der Waals surface area contributed by atoms with Crippen molar-refractivity contribution in [2.24, 2.45) is 5.92 Å². The average Bonchev–Trinajstić information content (AvgIpc) is 2.24. The summed E-state index contributed by atoms with van der Waals surface area (Å²) in [4.78, 5) is 12.0. The summed E-state index contributed by atoms with van der Waals surface area (Å²) in [5, 5.41) is 0. The zero-order chi connectivity index (χ0) is 12.1. The molecule has 1 rings (SSSR count). The maximum Gasteiger partial charge on any atom is 0.163 e. The molecular weight excluding hydrogens is 332 g/mol. The third-order valence-electron chi connectivity index (χ3n) is 2.81. The van der Waals surface area contributed by atoms with Gasteiger partial charge in [0.25, 0.3) is 0 Å². The number of carbonyl (C=O) groups excluding carboxylic acids is 1. The van der Waals surface area contributed by atoms with E-state index in [1.165, 1.54) is 0 Å². The van der Waals surface area contributed by atoms with E-state index in [1.807, 2.05) is 18.2 Å². The van der Waals surface area contributed by atoms with E-state index in [2.05, 4.69) is 45.7 Å². The van der Waals surface area contributed by atoms with Crippen LogP contribution in [0.5, 0.6) is 0 Å². The number of benzene rings is 1. The molecule has 0 saturated heterocycles. The van der Waals surface area contributed by atoms with Crippen LogP contribution in [0.3, 0.4) is 0 Å². The van der Waals surface area contributed by atoms with Crippen LogP contribution in [0.4, 0.5) is 0 Å². The molecule has 0 spiro atoms. The van der Waals surface area contributed by atoms with Crippen molar-refractivity contribution in [2.45, 2.75) is 33.1 Å². The Balaban J connectivity index is 2.80. The highest BCUT2D eigenvalue weighted by atomic mass is 79.9. The zero-order valence-electron chi connectivity index (χ0n) is 9.59. The van der Waals surface area contributed by atoms with Gasteiger partial charge in [0, 0.05) is 20.9 Å². The average molecular weight is 348 g/mol. The minimum Gasteiger partial charge on any atom is -0.294 e. The van der Waals surface area contributed by atoms with Gasteiger partial charge in [-0.25, -0.2) is 0 Å². The molecule has 0 aliphatic rings. The Hall–Kier alpha value is -0.150. The van der Waals surface area contributed by atoms with Gasteiger partial charge in [-0.05, 0) is 24.1 Å². The Labute approximate surface area is 114 Å². The second kappa shape index (κ2) is 6.55. The normalized spacial score (nSPS) is 10.8. The highest BCUT2D eigenvalue weighted by Crippen LogP contribution is 2.23. The van der Waals surface area contributed by atoms with E-state index in [-0.39, 0.29) is 5.78 Å². The number of ketones is 1. The number of Topliss-reactive ketones (excluding diaryl/α,β-unsaturated/α-hetero) is 1.